The zero-order valence-electron chi connectivity index (χ0n) is 76.8. The number of aliphatic hydroxyl groups excluding tert-OH is 1. The molecule has 24 nitrogen and oxygen atoms in total. The molecule has 2 amide bonds. The van der Waals surface area contributed by atoms with E-state index in [1.165, 1.54) is 223 Å². The van der Waals surface area contributed by atoms with Gasteiger partial charge < -0.3 is 54.4 Å². The first-order valence-corrected chi connectivity index (χ1v) is 69.4. The molecule has 8 atom stereocenters. The molecule has 3 saturated heterocycles. The summed E-state index contributed by atoms with van der Waals surface area (Å²) in [5.41, 5.74) is -1.34. The van der Waals surface area contributed by atoms with Crippen LogP contribution in [0.25, 0.3) is 0 Å². The van der Waals surface area contributed by atoms with Crippen molar-refractivity contribution < 1.29 is 119 Å². The van der Waals surface area contributed by atoms with E-state index in [9.17, 15) is 48.3 Å². The van der Waals surface area contributed by atoms with Crippen LogP contribution in [-0.2, 0) is 61.2 Å². The van der Waals surface area contributed by atoms with Gasteiger partial charge in [0.05, 0.1) is 88.1 Å². The van der Waals surface area contributed by atoms with E-state index in [1.807, 2.05) is 6.92 Å². The maximum atomic E-state index is 13.8. The van der Waals surface area contributed by atoms with Crippen LogP contribution in [0.2, 0.25) is 33.2 Å². The van der Waals surface area contributed by atoms with Crippen LogP contribution in [0.15, 0.2) is 43.7 Å². The van der Waals surface area contributed by atoms with E-state index in [1.54, 1.807) is 0 Å². The van der Waals surface area contributed by atoms with Crippen molar-refractivity contribution in [2.24, 2.45) is 0 Å². The van der Waals surface area contributed by atoms with Gasteiger partial charge in [0.15, 0.2) is 30.5 Å². The molecule has 2 aromatic heterocycles. The van der Waals surface area contributed by atoms with Gasteiger partial charge in [-0.3, -0.25) is 52.7 Å². The normalized spacial score (nSPS) is 19.4. The molecule has 3 fully saturated rings. The number of aromatic nitrogens is 4. The van der Waals surface area contributed by atoms with E-state index in [2.05, 4.69) is 145 Å². The maximum absolute atomic E-state index is 13.8. The fraction of sp³-hybridized carbons (Fsp3) is 0.843. The summed E-state index contributed by atoms with van der Waals surface area (Å²) in [4.78, 5) is 120. The van der Waals surface area contributed by atoms with Crippen molar-refractivity contribution in [2.75, 3.05) is 82.2 Å². The fourth-order valence-electron chi connectivity index (χ4n) is 17.7. The number of Topliss-reactive ketones (excluding diaryl/α,β-unsaturated/α-hetero) is 1. The second kappa shape index (κ2) is 62.1. The van der Waals surface area contributed by atoms with Crippen LogP contribution < -0.4 is 84.5 Å². The third-order valence-corrected chi connectivity index (χ3v) is 46.0. The molecule has 0 aliphatic carbocycles. The van der Waals surface area contributed by atoms with Crippen LogP contribution in [0.5, 0.6) is 0 Å². The summed E-state index contributed by atoms with van der Waals surface area (Å²) in [6, 6.07) is 2.48. The van der Waals surface area contributed by atoms with Crippen LogP contribution in [0, 0.1) is 0 Å². The Kier molecular flexibility index (Phi) is 63.1. The third kappa shape index (κ3) is 37.1. The number of esters is 2. The molecule has 116 heavy (non-hydrogen) atoms. The molecule has 2 aromatic rings. The van der Waals surface area contributed by atoms with Gasteiger partial charge in [0.25, 0.3) is 11.1 Å². The number of carbonyl (C=O) groups is 5. The average molecular weight is 1920 g/mol. The molecular formula is C83H155Br2K3N6O18P2Si2+2. The predicted octanol–water partition coefficient (Wildman–Crippen LogP) is 13.0. The summed E-state index contributed by atoms with van der Waals surface area (Å²) < 4.78 is 53.8. The summed E-state index contributed by atoms with van der Waals surface area (Å²) >= 11 is 2.50. The number of amides is 2. The number of nitrogens with one attached hydrogen (secondary N) is 4. The van der Waals surface area contributed by atoms with Crippen molar-refractivity contribution in [2.45, 2.75) is 367 Å². The number of nitrogens with zero attached hydrogens (tertiary/aromatic N) is 2. The van der Waals surface area contributed by atoms with Gasteiger partial charge in [0, 0.05) is 90.7 Å². The zero-order valence-corrected chi connectivity index (χ0v) is 92.4. The molecule has 0 saturated carbocycles. The van der Waals surface area contributed by atoms with E-state index in [-0.39, 0.29) is 183 Å². The molecule has 0 bridgehead atoms. The number of ketones is 1. The Morgan fingerprint density at radius 1 is 0.500 bits per heavy atom. The number of H-pyrrole nitrogens is 2. The Labute approximate surface area is 810 Å². The standard InChI is InChI=1S/C43H78N3O9PSi.C40H72N3O9PSi.2BrH.3K.H/c1-11-15-28-56(29-16-12-2,30-17-13-3)31-18-24-44-36(47)19-22-43(51-26-27-52-43)23-20-38(49)54-39-35(14-4)53-41(46-25-21-37(48)45-42(46)50)40(39)55-57(32(5)6,33(7)8)34(9)10;1-10-13-24-53(25-14-11-2,26-15-12-3)27-16-22-41-34(46)19-17-32(45)18-20-36(48)51-37-33(28-44)50-39(43-23-21-35(47)42-40(43)49)38(37)52-54(29(4)5,30(6)7)31(8)9;;;;;;/h21,25,32-35,39-41H,11-20,22-24,26-31H2,1-10H3,(H-,44,45,47,48,50);21,23,29-31,33,37-39,44H,10-20,22,24-28H2,1-9H3,(H-,41,42,46,47,49);2*1H;;;;/q;;;;;;+1;-1/p+2/t35-,39+,40?,41-;33-,37+,38?,39-;;;;;;/m11....../s1. The van der Waals surface area contributed by atoms with Crippen LogP contribution >= 0.6 is 48.5 Å². The van der Waals surface area contributed by atoms with Gasteiger partial charge in [-0.15, -0.1) is 34.0 Å². The van der Waals surface area contributed by atoms with Crippen LogP contribution in [0.4, 0.5) is 0 Å². The Balaban J connectivity index is 0. The van der Waals surface area contributed by atoms with E-state index < -0.39 is 127 Å². The Morgan fingerprint density at radius 2 is 0.819 bits per heavy atom. The second-order valence-electron chi connectivity index (χ2n) is 33.6. The van der Waals surface area contributed by atoms with Crippen molar-refractivity contribution in [1.29, 1.82) is 0 Å². The fourth-order valence-corrected chi connectivity index (χ4v) is 39.1. The molecule has 0 spiro atoms. The second-order valence-corrected chi connectivity index (χ2v) is 53.4. The zero-order chi connectivity index (χ0) is 84.7. The number of hydrogen-bond donors (Lipinski definition) is 5. The summed E-state index contributed by atoms with van der Waals surface area (Å²) in [5, 5.41) is 16.5. The minimum atomic E-state index is -2.66. The minimum absolute atomic E-state index is 0. The molecule has 3 aliphatic heterocycles. The monoisotopic (exact) mass is 1920 g/mol. The average Bonchev–Trinajstić information content (AvgIpc) is 1.65. The molecule has 5 rings (SSSR count). The van der Waals surface area contributed by atoms with Crippen molar-refractivity contribution in [1.82, 2.24) is 29.7 Å². The Morgan fingerprint density at radius 3 is 1.16 bits per heavy atom. The summed E-state index contributed by atoms with van der Waals surface area (Å²) in [6.45, 7) is 42.8. The van der Waals surface area contributed by atoms with Gasteiger partial charge in [0.2, 0.25) is 28.4 Å². The van der Waals surface area contributed by atoms with Gasteiger partial charge in [-0.05, 0) is 91.0 Å². The van der Waals surface area contributed by atoms with Gasteiger partial charge in [0.1, 0.15) is 24.1 Å². The first kappa shape index (κ1) is 118. The molecule has 2 unspecified atom stereocenters. The number of aliphatic hydroxyl groups is 1. The number of halogens is 2. The molecule has 5 heterocycles. The summed E-state index contributed by atoms with van der Waals surface area (Å²) in [6.07, 6.45) is 24.4. The Bertz CT molecular complexity index is 3280. The molecule has 5 N–H and O–H groups in total. The van der Waals surface area contributed by atoms with Crippen molar-refractivity contribution >= 4 is 158 Å². The summed E-state index contributed by atoms with van der Waals surface area (Å²) in [7, 11) is -7.28. The number of hydrogen-bond acceptors (Lipinski definition) is 18. The first-order chi connectivity index (χ1) is 53.7. The molecule has 0 radical (unpaired) electrons. The number of aromatic amines is 2. The quantitative estimate of drug-likeness (QED) is 0.0178. The van der Waals surface area contributed by atoms with E-state index in [0.29, 0.717) is 39.1 Å². The number of rotatable bonds is 54. The van der Waals surface area contributed by atoms with Crippen molar-refractivity contribution in [3.63, 3.8) is 0 Å². The Hall–Kier alpha value is 1.79. The van der Waals surface area contributed by atoms with Crippen molar-refractivity contribution in [3.05, 3.63) is 66.2 Å². The molecule has 0 aromatic carbocycles. The molecule has 33 heteroatoms. The van der Waals surface area contributed by atoms with Crippen LogP contribution in [0.3, 0.4) is 0 Å². The summed E-state index contributed by atoms with van der Waals surface area (Å²) in [5.74, 6) is -2.58. The predicted molar refractivity (Wildman–Crippen MR) is 487 cm³/mol. The first-order valence-electron chi connectivity index (χ1n) is 44.1. The van der Waals surface area contributed by atoms with Crippen LogP contribution in [-0.4, -0.2) is 258 Å². The van der Waals surface area contributed by atoms with E-state index in [0.717, 1.165) is 12.8 Å². The van der Waals surface area contributed by atoms with E-state index >= 15 is 0 Å². The number of carbonyl (C=O) groups excluding carboxylic acids is 5. The van der Waals surface area contributed by atoms with Crippen molar-refractivity contribution in [3.8, 4) is 0 Å². The number of unbranched alkanes of at least 4 members (excludes halogenated alkanes) is 6. The van der Waals surface area contributed by atoms with Gasteiger partial charge in [-0.25, -0.2) is 9.59 Å². The third-order valence-electron chi connectivity index (χ3n) is 23.7. The van der Waals surface area contributed by atoms with Gasteiger partial charge >= 0.3 is 138 Å². The molecular weight excluding hydrogens is 1760 g/mol. The van der Waals surface area contributed by atoms with Gasteiger partial charge in [-0.1, -0.05) is 170 Å². The van der Waals surface area contributed by atoms with Gasteiger partial charge in [-0.2, -0.15) is 0 Å². The topological polar surface area (TPSA) is 313 Å². The molecule has 658 valence electrons. The van der Waals surface area contributed by atoms with E-state index in [4.69, 9.17) is 37.3 Å². The number of ether oxygens (including phenoxy) is 6. The van der Waals surface area contributed by atoms with Crippen LogP contribution in [0.1, 0.15) is 293 Å². The SMILES string of the molecule is Br.Br.CCCC[P+](CCCC)(CCCC)CCCNC(=O)CCC(=O)CCC(=O)O[C@@H]1C(O[Si](C(C)C)(C(C)C)C(C)C)[C@H](n2ccc(=O)[nH]c2=O)O[C@@H]1CO.CCCC[P+](CCCC)(CCCC)CCCNC(=O)CCC1(CCC(=O)O[C@@H]2C(O[Si](C(C)C)(C(C)C)C(C)C)[C@H](n3ccc(=O)[nH]c3=O)O[C@@H]2CC)OCCO1.[H-].[K+].[K][K]. The molecule has 3 aliphatic rings.